The Kier molecular flexibility index (Phi) is 7.90. The minimum Gasteiger partial charge on any atom is -0.469 e. The van der Waals surface area contributed by atoms with Crippen LogP contribution in [-0.4, -0.2) is 77.8 Å². The highest BCUT2D eigenvalue weighted by Crippen LogP contribution is 2.15. The summed E-state index contributed by atoms with van der Waals surface area (Å²) in [4.78, 5) is 42.3. The molecule has 32 heavy (non-hydrogen) atoms. The van der Waals surface area contributed by atoms with E-state index >= 15 is 0 Å². The lowest BCUT2D eigenvalue weighted by Crippen LogP contribution is -2.37. The van der Waals surface area contributed by atoms with Crippen LogP contribution in [0.2, 0.25) is 0 Å². The number of benzene rings is 1. The van der Waals surface area contributed by atoms with E-state index in [9.17, 15) is 19.7 Å². The number of aromatic amines is 1. The van der Waals surface area contributed by atoms with E-state index in [2.05, 4.69) is 15.0 Å². The van der Waals surface area contributed by atoms with E-state index in [4.69, 9.17) is 9.47 Å². The fourth-order valence-electron chi connectivity index (χ4n) is 3.55. The molecule has 0 amide bonds. The summed E-state index contributed by atoms with van der Waals surface area (Å²) in [6.45, 7) is 6.47. The number of non-ortho nitro benzene ring substituents is 1. The number of morpholine rings is 1. The van der Waals surface area contributed by atoms with Crippen molar-refractivity contribution in [3.05, 3.63) is 56.0 Å². The lowest BCUT2D eigenvalue weighted by Gasteiger charge is -2.26. The standard InChI is InChI=1S/C21H27N5O6/c1-15(22-8-3-9-24-10-12-32-13-11-24)20-18(14-19(27)31-2)23-25(21(20)28)16-4-6-17(7-5-16)26(29)30/h4-7,23H,3,8-14H2,1-2H3. The number of nitro groups is 1. The molecule has 1 aliphatic heterocycles. The summed E-state index contributed by atoms with van der Waals surface area (Å²) in [5, 5.41) is 13.8. The molecule has 0 radical (unpaired) electrons. The van der Waals surface area contributed by atoms with Crippen LogP contribution in [0.4, 0.5) is 5.69 Å². The molecule has 0 saturated carbocycles. The van der Waals surface area contributed by atoms with Crippen LogP contribution in [-0.2, 0) is 20.7 Å². The van der Waals surface area contributed by atoms with Gasteiger partial charge >= 0.3 is 5.97 Å². The van der Waals surface area contributed by atoms with Gasteiger partial charge in [-0.1, -0.05) is 0 Å². The van der Waals surface area contributed by atoms with Crippen LogP contribution in [0.1, 0.15) is 24.6 Å². The van der Waals surface area contributed by atoms with Crippen LogP contribution < -0.4 is 5.56 Å². The number of methoxy groups -OCH3 is 1. The second kappa shape index (κ2) is 10.8. The lowest BCUT2D eigenvalue weighted by molar-refractivity contribution is -0.384. The molecule has 1 aromatic carbocycles. The number of carbonyl (C=O) groups excluding carboxylic acids is 1. The lowest BCUT2D eigenvalue weighted by atomic mass is 10.1. The SMILES string of the molecule is COC(=O)Cc1[nH]n(-c2ccc([N+](=O)[O-])cc2)c(=O)c1C(C)=NCCCN1CCOCC1. The third kappa shape index (κ3) is 5.68. The van der Waals surface area contributed by atoms with Gasteiger partial charge < -0.3 is 9.47 Å². The summed E-state index contributed by atoms with van der Waals surface area (Å²) in [5.41, 5.74) is 1.16. The fourth-order valence-corrected chi connectivity index (χ4v) is 3.55. The monoisotopic (exact) mass is 445 g/mol. The Hall–Kier alpha value is -3.31. The maximum Gasteiger partial charge on any atom is 0.311 e. The fraction of sp³-hybridized carbons (Fsp3) is 0.476. The van der Waals surface area contributed by atoms with Crippen LogP contribution in [0.25, 0.3) is 5.69 Å². The van der Waals surface area contributed by atoms with Gasteiger partial charge in [-0.15, -0.1) is 0 Å². The molecular formula is C21H27N5O6. The summed E-state index contributed by atoms with van der Waals surface area (Å²) in [6.07, 6.45) is 0.715. The number of aliphatic imine (C=N–C) groups is 1. The quantitative estimate of drug-likeness (QED) is 0.202. The summed E-state index contributed by atoms with van der Waals surface area (Å²) in [7, 11) is 1.28. The molecule has 1 N–H and O–H groups in total. The molecule has 11 heteroatoms. The van der Waals surface area contributed by atoms with Crippen LogP contribution in [0.15, 0.2) is 34.1 Å². The van der Waals surface area contributed by atoms with E-state index in [0.717, 1.165) is 39.3 Å². The van der Waals surface area contributed by atoms with Gasteiger partial charge in [-0.3, -0.25) is 34.7 Å². The average Bonchev–Trinajstić information content (AvgIpc) is 3.12. The van der Waals surface area contributed by atoms with Crippen LogP contribution >= 0.6 is 0 Å². The predicted molar refractivity (Wildman–Crippen MR) is 118 cm³/mol. The number of H-pyrrole nitrogens is 1. The minimum absolute atomic E-state index is 0.0821. The van der Waals surface area contributed by atoms with Gasteiger partial charge in [0.25, 0.3) is 11.2 Å². The molecular weight excluding hydrogens is 418 g/mol. The summed E-state index contributed by atoms with van der Waals surface area (Å²) >= 11 is 0. The van der Waals surface area contributed by atoms with Gasteiger partial charge in [0.1, 0.15) is 0 Å². The molecule has 2 heterocycles. The van der Waals surface area contributed by atoms with E-state index in [-0.39, 0.29) is 17.7 Å². The number of esters is 1. The number of nitro benzene ring substituents is 1. The van der Waals surface area contributed by atoms with Gasteiger partial charge in [-0.2, -0.15) is 0 Å². The highest BCUT2D eigenvalue weighted by atomic mass is 16.6. The molecule has 1 saturated heterocycles. The Morgan fingerprint density at radius 2 is 1.97 bits per heavy atom. The van der Waals surface area contributed by atoms with Crippen molar-refractivity contribution < 1.29 is 19.2 Å². The van der Waals surface area contributed by atoms with Gasteiger partial charge in [-0.05, 0) is 25.5 Å². The Morgan fingerprint density at radius 1 is 1.28 bits per heavy atom. The summed E-state index contributed by atoms with van der Waals surface area (Å²) in [6, 6.07) is 5.57. The zero-order chi connectivity index (χ0) is 23.1. The zero-order valence-electron chi connectivity index (χ0n) is 18.2. The molecule has 11 nitrogen and oxygen atoms in total. The number of ether oxygens (including phenoxy) is 2. The number of carbonyl (C=O) groups is 1. The summed E-state index contributed by atoms with van der Waals surface area (Å²) < 4.78 is 11.4. The molecule has 0 spiro atoms. The molecule has 1 aromatic heterocycles. The first-order valence-corrected chi connectivity index (χ1v) is 10.4. The molecule has 1 aliphatic rings. The second-order valence-electron chi connectivity index (χ2n) is 7.41. The van der Waals surface area contributed by atoms with Crippen LogP contribution in [0, 0.1) is 10.1 Å². The Morgan fingerprint density at radius 3 is 2.59 bits per heavy atom. The third-order valence-electron chi connectivity index (χ3n) is 5.28. The van der Waals surface area contributed by atoms with Gasteiger partial charge in [0.2, 0.25) is 0 Å². The number of nitrogens with zero attached hydrogens (tertiary/aromatic N) is 4. The van der Waals surface area contributed by atoms with E-state index < -0.39 is 10.9 Å². The molecule has 172 valence electrons. The average molecular weight is 445 g/mol. The number of hydrogen-bond donors (Lipinski definition) is 1. The Bertz CT molecular complexity index is 1030. The van der Waals surface area contributed by atoms with E-state index in [1.807, 2.05) is 0 Å². The van der Waals surface area contributed by atoms with E-state index in [1.165, 1.54) is 36.1 Å². The molecule has 0 bridgehead atoms. The third-order valence-corrected chi connectivity index (χ3v) is 5.28. The van der Waals surface area contributed by atoms with Crippen molar-refractivity contribution in [1.82, 2.24) is 14.7 Å². The Labute approximate surface area is 184 Å². The van der Waals surface area contributed by atoms with Gasteiger partial charge in [0.15, 0.2) is 0 Å². The van der Waals surface area contributed by atoms with Crippen molar-refractivity contribution in [2.24, 2.45) is 4.99 Å². The summed E-state index contributed by atoms with van der Waals surface area (Å²) in [5.74, 6) is -0.497. The van der Waals surface area contributed by atoms with Crippen molar-refractivity contribution in [3.63, 3.8) is 0 Å². The van der Waals surface area contributed by atoms with Crippen molar-refractivity contribution in [2.45, 2.75) is 19.8 Å². The molecule has 0 unspecified atom stereocenters. The van der Waals surface area contributed by atoms with Crippen LogP contribution in [0.5, 0.6) is 0 Å². The van der Waals surface area contributed by atoms with E-state index in [1.54, 1.807) is 6.92 Å². The largest absolute Gasteiger partial charge is 0.469 e. The second-order valence-corrected chi connectivity index (χ2v) is 7.41. The first kappa shape index (κ1) is 23.4. The van der Waals surface area contributed by atoms with Gasteiger partial charge in [0.05, 0.1) is 48.6 Å². The Balaban J connectivity index is 1.82. The predicted octanol–water partition coefficient (Wildman–Crippen LogP) is 1.32. The van der Waals surface area contributed by atoms with Crippen molar-refractivity contribution in [2.75, 3.05) is 46.5 Å². The molecule has 3 rings (SSSR count). The highest BCUT2D eigenvalue weighted by Gasteiger charge is 2.20. The van der Waals surface area contributed by atoms with E-state index in [0.29, 0.717) is 29.2 Å². The van der Waals surface area contributed by atoms with Gasteiger partial charge in [0, 0.05) is 44.0 Å². The first-order valence-electron chi connectivity index (χ1n) is 10.4. The van der Waals surface area contributed by atoms with Gasteiger partial charge in [-0.25, -0.2) is 4.68 Å². The normalized spacial score (nSPS) is 15.0. The smallest absolute Gasteiger partial charge is 0.311 e. The molecule has 0 atom stereocenters. The molecule has 0 aliphatic carbocycles. The highest BCUT2D eigenvalue weighted by molar-refractivity contribution is 6.00. The topological polar surface area (TPSA) is 132 Å². The number of nitrogens with one attached hydrogen (secondary N) is 1. The number of aromatic nitrogens is 2. The molecule has 1 fully saturated rings. The minimum atomic E-state index is -0.511. The van der Waals surface area contributed by atoms with Crippen molar-refractivity contribution in [3.8, 4) is 5.69 Å². The number of hydrogen-bond acceptors (Lipinski definition) is 8. The van der Waals surface area contributed by atoms with Crippen molar-refractivity contribution >= 4 is 17.4 Å². The number of rotatable bonds is 9. The van der Waals surface area contributed by atoms with Crippen molar-refractivity contribution in [1.29, 1.82) is 0 Å². The zero-order valence-corrected chi connectivity index (χ0v) is 18.2. The maximum atomic E-state index is 13.1. The maximum absolute atomic E-state index is 13.1. The van der Waals surface area contributed by atoms with Crippen LogP contribution in [0.3, 0.4) is 0 Å². The molecule has 2 aromatic rings. The first-order chi connectivity index (χ1) is 15.4.